The first-order valence-corrected chi connectivity index (χ1v) is 6.58. The number of hydrogen-bond acceptors (Lipinski definition) is 4. The molecule has 17 heavy (non-hydrogen) atoms. The average molecular weight is 251 g/mol. The Hall–Kier alpha value is -1.36. The van der Waals surface area contributed by atoms with Gasteiger partial charge in [-0.25, -0.2) is 0 Å². The van der Waals surface area contributed by atoms with Gasteiger partial charge in [-0.1, -0.05) is 12.1 Å². The Morgan fingerprint density at radius 2 is 2.29 bits per heavy atom. The summed E-state index contributed by atoms with van der Waals surface area (Å²) in [7, 11) is 0. The van der Waals surface area contributed by atoms with Gasteiger partial charge in [0, 0.05) is 23.3 Å². The fourth-order valence-electron chi connectivity index (χ4n) is 2.04. The monoisotopic (exact) mass is 251 g/mol. The minimum Gasteiger partial charge on any atom is -0.298 e. The number of nitro groups is 1. The summed E-state index contributed by atoms with van der Waals surface area (Å²) in [5.41, 5.74) is 1.74. The summed E-state index contributed by atoms with van der Waals surface area (Å²) in [6, 6.07) is 5.07. The highest BCUT2D eigenvalue weighted by Gasteiger charge is 2.26. The van der Waals surface area contributed by atoms with Crippen molar-refractivity contribution < 1.29 is 9.72 Å². The van der Waals surface area contributed by atoms with Crippen molar-refractivity contribution in [2.45, 2.75) is 13.3 Å². The first-order valence-electron chi connectivity index (χ1n) is 5.43. The largest absolute Gasteiger partial charge is 0.298 e. The van der Waals surface area contributed by atoms with Gasteiger partial charge < -0.3 is 0 Å². The molecule has 1 saturated heterocycles. The molecule has 0 spiro atoms. The van der Waals surface area contributed by atoms with E-state index in [0.717, 1.165) is 11.3 Å². The van der Waals surface area contributed by atoms with Crippen LogP contribution < -0.4 is 0 Å². The number of nitrogens with zero attached hydrogens (tertiary/aromatic N) is 1. The van der Waals surface area contributed by atoms with Gasteiger partial charge in [-0.05, 0) is 18.9 Å². The predicted molar refractivity (Wildman–Crippen MR) is 67.4 cm³/mol. The highest BCUT2D eigenvalue weighted by atomic mass is 32.2. The number of carbonyl (C=O) groups is 1. The summed E-state index contributed by atoms with van der Waals surface area (Å²) in [6.45, 7) is 1.75. The van der Waals surface area contributed by atoms with Crippen molar-refractivity contribution in [3.63, 3.8) is 0 Å². The number of Topliss-reactive ketones (excluding diaryl/α,β-unsaturated/α-hetero) is 1. The van der Waals surface area contributed by atoms with Gasteiger partial charge >= 0.3 is 0 Å². The van der Waals surface area contributed by atoms with Crippen molar-refractivity contribution in [3.05, 3.63) is 39.4 Å². The molecule has 2 rings (SSSR count). The molecule has 0 aromatic heterocycles. The van der Waals surface area contributed by atoms with E-state index in [2.05, 4.69) is 0 Å². The third-order valence-electron chi connectivity index (χ3n) is 3.10. The zero-order chi connectivity index (χ0) is 12.4. The summed E-state index contributed by atoms with van der Waals surface area (Å²) in [5, 5.41) is 10.8. The zero-order valence-corrected chi connectivity index (χ0v) is 10.3. The maximum atomic E-state index is 11.6. The lowest BCUT2D eigenvalue weighted by Gasteiger charge is -2.09. The summed E-state index contributed by atoms with van der Waals surface area (Å²) >= 11 is 1.64. The SMILES string of the molecule is Cc1c(CC2CSCC2=O)cccc1[N+](=O)[O-]. The van der Waals surface area contributed by atoms with Crippen LogP contribution in [-0.4, -0.2) is 22.2 Å². The second-order valence-electron chi connectivity index (χ2n) is 4.20. The van der Waals surface area contributed by atoms with E-state index >= 15 is 0 Å². The Morgan fingerprint density at radius 3 is 2.88 bits per heavy atom. The maximum absolute atomic E-state index is 11.6. The number of rotatable bonds is 3. The second kappa shape index (κ2) is 4.87. The van der Waals surface area contributed by atoms with Gasteiger partial charge in [0.15, 0.2) is 0 Å². The Bertz CT molecular complexity index is 473. The molecule has 1 fully saturated rings. The minimum absolute atomic E-state index is 0.0284. The van der Waals surface area contributed by atoms with E-state index < -0.39 is 0 Å². The topological polar surface area (TPSA) is 60.2 Å². The number of ketones is 1. The molecule has 1 aliphatic heterocycles. The van der Waals surface area contributed by atoms with Crippen LogP contribution in [0.15, 0.2) is 18.2 Å². The van der Waals surface area contributed by atoms with E-state index in [1.807, 2.05) is 6.07 Å². The van der Waals surface area contributed by atoms with Gasteiger partial charge in [0.25, 0.3) is 5.69 Å². The lowest BCUT2D eigenvalue weighted by Crippen LogP contribution is -2.14. The molecule has 1 atom stereocenters. The molecule has 5 heteroatoms. The van der Waals surface area contributed by atoms with Crippen LogP contribution in [-0.2, 0) is 11.2 Å². The Kier molecular flexibility index (Phi) is 3.47. The first-order chi connectivity index (χ1) is 8.09. The number of hydrogen-bond donors (Lipinski definition) is 0. The first kappa shape index (κ1) is 12.1. The average Bonchev–Trinajstić information content (AvgIpc) is 2.67. The molecule has 1 aromatic carbocycles. The van der Waals surface area contributed by atoms with Crippen molar-refractivity contribution in [2.75, 3.05) is 11.5 Å². The van der Waals surface area contributed by atoms with Gasteiger partial charge in [0.05, 0.1) is 10.7 Å². The highest BCUT2D eigenvalue weighted by molar-refractivity contribution is 8.00. The van der Waals surface area contributed by atoms with Crippen molar-refractivity contribution in [3.8, 4) is 0 Å². The molecule has 0 saturated carbocycles. The highest BCUT2D eigenvalue weighted by Crippen LogP contribution is 2.28. The van der Waals surface area contributed by atoms with Crippen molar-refractivity contribution in [1.29, 1.82) is 0 Å². The summed E-state index contributed by atoms with van der Waals surface area (Å²) < 4.78 is 0. The van der Waals surface area contributed by atoms with Gasteiger partial charge in [-0.3, -0.25) is 14.9 Å². The molecule has 0 radical (unpaired) electrons. The Labute approximate surface area is 104 Å². The molecule has 0 bridgehead atoms. The molecule has 4 nitrogen and oxygen atoms in total. The zero-order valence-electron chi connectivity index (χ0n) is 9.51. The smallest absolute Gasteiger partial charge is 0.272 e. The van der Waals surface area contributed by atoms with Crippen molar-refractivity contribution in [2.24, 2.45) is 5.92 Å². The van der Waals surface area contributed by atoms with Crippen LogP contribution in [0.1, 0.15) is 11.1 Å². The third-order valence-corrected chi connectivity index (χ3v) is 4.23. The van der Waals surface area contributed by atoms with Crippen LogP contribution in [0.4, 0.5) is 5.69 Å². The quantitative estimate of drug-likeness (QED) is 0.611. The van der Waals surface area contributed by atoms with Crippen LogP contribution in [0.3, 0.4) is 0 Å². The second-order valence-corrected chi connectivity index (χ2v) is 5.23. The third kappa shape index (κ3) is 2.49. The predicted octanol–water partition coefficient (Wildman–Crippen LogP) is 2.38. The molecule has 0 amide bonds. The molecular weight excluding hydrogens is 238 g/mol. The van der Waals surface area contributed by atoms with E-state index in [9.17, 15) is 14.9 Å². The van der Waals surface area contributed by atoms with E-state index in [-0.39, 0.29) is 22.3 Å². The molecule has 0 N–H and O–H groups in total. The van der Waals surface area contributed by atoms with Crippen LogP contribution in [0.2, 0.25) is 0 Å². The van der Waals surface area contributed by atoms with E-state index in [1.54, 1.807) is 24.8 Å². The molecule has 1 heterocycles. The van der Waals surface area contributed by atoms with Crippen LogP contribution in [0, 0.1) is 23.0 Å². The molecule has 1 unspecified atom stereocenters. The fraction of sp³-hybridized carbons (Fsp3) is 0.417. The van der Waals surface area contributed by atoms with Gasteiger partial charge in [0.1, 0.15) is 5.78 Å². The molecule has 90 valence electrons. The number of carbonyl (C=O) groups excluding carboxylic acids is 1. The maximum Gasteiger partial charge on any atom is 0.272 e. The van der Waals surface area contributed by atoms with E-state index in [1.165, 1.54) is 6.07 Å². The number of benzene rings is 1. The van der Waals surface area contributed by atoms with Gasteiger partial charge in [0.2, 0.25) is 0 Å². The fourth-order valence-corrected chi connectivity index (χ4v) is 3.18. The molecule has 1 aliphatic rings. The number of thioether (sulfide) groups is 1. The summed E-state index contributed by atoms with van der Waals surface area (Å²) in [5.74, 6) is 1.71. The van der Waals surface area contributed by atoms with Crippen LogP contribution >= 0.6 is 11.8 Å². The van der Waals surface area contributed by atoms with E-state index in [4.69, 9.17) is 0 Å². The lowest BCUT2D eigenvalue weighted by molar-refractivity contribution is -0.385. The van der Waals surface area contributed by atoms with Crippen LogP contribution in [0.25, 0.3) is 0 Å². The Morgan fingerprint density at radius 1 is 1.53 bits per heavy atom. The summed E-state index contributed by atoms with van der Waals surface area (Å²) in [6.07, 6.45) is 0.624. The summed E-state index contributed by atoms with van der Waals surface area (Å²) in [4.78, 5) is 22.0. The number of nitro benzene ring substituents is 1. The molecular formula is C12H13NO3S. The normalized spacial score (nSPS) is 19.6. The molecule has 0 aliphatic carbocycles. The minimum atomic E-state index is -0.371. The van der Waals surface area contributed by atoms with Crippen molar-refractivity contribution >= 4 is 23.2 Å². The lowest BCUT2D eigenvalue weighted by atomic mass is 9.94. The van der Waals surface area contributed by atoms with E-state index in [0.29, 0.717) is 17.7 Å². The standard InChI is InChI=1S/C12H13NO3S/c1-8-9(3-2-4-11(8)13(15)16)5-10-6-17-7-12(10)14/h2-4,10H,5-7H2,1H3. The van der Waals surface area contributed by atoms with Gasteiger partial charge in [-0.15, -0.1) is 0 Å². The Balaban J connectivity index is 2.24. The van der Waals surface area contributed by atoms with Crippen LogP contribution in [0.5, 0.6) is 0 Å². The molecule has 1 aromatic rings. The van der Waals surface area contributed by atoms with Gasteiger partial charge in [-0.2, -0.15) is 11.8 Å². The van der Waals surface area contributed by atoms with Crippen molar-refractivity contribution in [1.82, 2.24) is 0 Å².